The summed E-state index contributed by atoms with van der Waals surface area (Å²) < 4.78 is 0. The molecule has 2 rings (SSSR count). The summed E-state index contributed by atoms with van der Waals surface area (Å²) in [5.41, 5.74) is 0.688. The summed E-state index contributed by atoms with van der Waals surface area (Å²) in [5.74, 6) is -0.991. The van der Waals surface area contributed by atoms with Crippen LogP contribution in [0.2, 0.25) is 0 Å². The first-order chi connectivity index (χ1) is 8.27. The van der Waals surface area contributed by atoms with E-state index in [0.29, 0.717) is 5.69 Å². The molecule has 0 unspecified atom stereocenters. The van der Waals surface area contributed by atoms with Crippen molar-refractivity contribution < 1.29 is 9.90 Å². The van der Waals surface area contributed by atoms with Crippen LogP contribution < -0.4 is 5.32 Å². The SMILES string of the molecule is O=C(O)c1ncccc1NCCN1CCCC1. The van der Waals surface area contributed by atoms with Crippen molar-refractivity contribution in [3.8, 4) is 0 Å². The van der Waals surface area contributed by atoms with Crippen molar-refractivity contribution in [3.63, 3.8) is 0 Å². The second kappa shape index (κ2) is 5.63. The third-order valence-electron chi connectivity index (χ3n) is 2.95. The van der Waals surface area contributed by atoms with Gasteiger partial charge in [-0.05, 0) is 38.1 Å². The molecule has 5 nitrogen and oxygen atoms in total. The Hall–Kier alpha value is -1.62. The van der Waals surface area contributed by atoms with Crippen LogP contribution in [0.25, 0.3) is 0 Å². The Labute approximate surface area is 100 Å². The van der Waals surface area contributed by atoms with Gasteiger partial charge in [0.05, 0.1) is 5.69 Å². The third kappa shape index (κ3) is 3.17. The Balaban J connectivity index is 1.87. The van der Waals surface area contributed by atoms with Gasteiger partial charge >= 0.3 is 5.97 Å². The minimum absolute atomic E-state index is 0.0916. The van der Waals surface area contributed by atoms with E-state index in [4.69, 9.17) is 5.11 Å². The summed E-state index contributed by atoms with van der Waals surface area (Å²) >= 11 is 0. The van der Waals surface area contributed by atoms with Gasteiger partial charge in [-0.25, -0.2) is 9.78 Å². The van der Waals surface area contributed by atoms with Gasteiger partial charge in [-0.3, -0.25) is 0 Å². The number of hydrogen-bond acceptors (Lipinski definition) is 4. The van der Waals surface area contributed by atoms with Crippen LogP contribution in [0.1, 0.15) is 23.3 Å². The highest BCUT2D eigenvalue weighted by atomic mass is 16.4. The maximum absolute atomic E-state index is 10.9. The van der Waals surface area contributed by atoms with Crippen LogP contribution in [-0.4, -0.2) is 47.1 Å². The maximum Gasteiger partial charge on any atom is 0.356 e. The number of rotatable bonds is 5. The van der Waals surface area contributed by atoms with Gasteiger partial charge < -0.3 is 15.3 Å². The van der Waals surface area contributed by atoms with Gasteiger partial charge in [0.15, 0.2) is 5.69 Å². The van der Waals surface area contributed by atoms with E-state index in [0.717, 1.165) is 26.2 Å². The summed E-state index contributed by atoms with van der Waals surface area (Å²) in [6.45, 7) is 4.01. The quantitative estimate of drug-likeness (QED) is 0.805. The molecular formula is C12H17N3O2. The number of pyridine rings is 1. The predicted molar refractivity (Wildman–Crippen MR) is 65.4 cm³/mol. The number of likely N-dealkylation sites (tertiary alicyclic amines) is 1. The number of nitrogens with zero attached hydrogens (tertiary/aromatic N) is 2. The number of aromatic nitrogens is 1. The number of carbonyl (C=O) groups is 1. The molecule has 2 heterocycles. The van der Waals surface area contributed by atoms with Crippen LogP contribution >= 0.6 is 0 Å². The zero-order valence-corrected chi connectivity index (χ0v) is 9.72. The first-order valence-electron chi connectivity index (χ1n) is 5.92. The van der Waals surface area contributed by atoms with E-state index in [9.17, 15) is 4.79 Å². The highest BCUT2D eigenvalue weighted by Crippen LogP contribution is 2.12. The fourth-order valence-electron chi connectivity index (χ4n) is 2.07. The van der Waals surface area contributed by atoms with Crippen LogP contribution in [0, 0.1) is 0 Å². The normalized spacial score (nSPS) is 16.0. The van der Waals surface area contributed by atoms with Crippen molar-refractivity contribution in [2.75, 3.05) is 31.5 Å². The van der Waals surface area contributed by atoms with Crippen LogP contribution in [0.15, 0.2) is 18.3 Å². The predicted octanol–water partition coefficient (Wildman–Crippen LogP) is 1.29. The van der Waals surface area contributed by atoms with Crippen LogP contribution in [0.3, 0.4) is 0 Å². The Bertz CT molecular complexity index is 389. The second-order valence-corrected chi connectivity index (χ2v) is 4.18. The van der Waals surface area contributed by atoms with E-state index in [1.807, 2.05) is 0 Å². The molecule has 0 amide bonds. The molecule has 1 aliphatic heterocycles. The molecule has 1 fully saturated rings. The van der Waals surface area contributed by atoms with E-state index >= 15 is 0 Å². The molecule has 0 saturated carbocycles. The number of carboxylic acids is 1. The van der Waals surface area contributed by atoms with Gasteiger partial charge in [0.1, 0.15) is 0 Å². The van der Waals surface area contributed by atoms with E-state index in [2.05, 4.69) is 15.2 Å². The maximum atomic E-state index is 10.9. The summed E-state index contributed by atoms with van der Waals surface area (Å²) in [6, 6.07) is 3.49. The van der Waals surface area contributed by atoms with Crippen molar-refractivity contribution in [1.82, 2.24) is 9.88 Å². The zero-order valence-electron chi connectivity index (χ0n) is 9.72. The minimum Gasteiger partial charge on any atom is -0.476 e. The van der Waals surface area contributed by atoms with Crippen LogP contribution in [0.5, 0.6) is 0 Å². The lowest BCUT2D eigenvalue weighted by atomic mass is 10.3. The molecule has 0 aromatic carbocycles. The van der Waals surface area contributed by atoms with Gasteiger partial charge in [-0.15, -0.1) is 0 Å². The summed E-state index contributed by atoms with van der Waals surface area (Å²) in [4.78, 5) is 17.2. The highest BCUT2D eigenvalue weighted by Gasteiger charge is 2.12. The van der Waals surface area contributed by atoms with Gasteiger partial charge in [-0.1, -0.05) is 0 Å². The number of aromatic carboxylic acids is 1. The minimum atomic E-state index is -0.991. The van der Waals surface area contributed by atoms with Crippen molar-refractivity contribution in [2.24, 2.45) is 0 Å². The first kappa shape index (κ1) is 11.9. The molecule has 0 aliphatic carbocycles. The highest BCUT2D eigenvalue weighted by molar-refractivity contribution is 5.91. The number of nitrogens with one attached hydrogen (secondary N) is 1. The largest absolute Gasteiger partial charge is 0.476 e. The molecule has 0 atom stereocenters. The molecule has 0 radical (unpaired) electrons. The van der Waals surface area contributed by atoms with Gasteiger partial charge in [0, 0.05) is 19.3 Å². The Morgan fingerprint density at radius 1 is 1.47 bits per heavy atom. The molecule has 17 heavy (non-hydrogen) atoms. The fraction of sp³-hybridized carbons (Fsp3) is 0.500. The summed E-state index contributed by atoms with van der Waals surface area (Å²) in [6.07, 6.45) is 4.04. The first-order valence-corrected chi connectivity index (χ1v) is 5.92. The van der Waals surface area contributed by atoms with E-state index < -0.39 is 5.97 Å². The molecule has 1 saturated heterocycles. The number of hydrogen-bond donors (Lipinski definition) is 2. The van der Waals surface area contributed by atoms with Crippen molar-refractivity contribution >= 4 is 11.7 Å². The van der Waals surface area contributed by atoms with Crippen LogP contribution in [-0.2, 0) is 0 Å². The zero-order chi connectivity index (χ0) is 12.1. The third-order valence-corrected chi connectivity index (χ3v) is 2.95. The average molecular weight is 235 g/mol. The lowest BCUT2D eigenvalue weighted by molar-refractivity contribution is 0.0691. The standard InChI is InChI=1S/C12H17N3O2/c16-12(17)11-10(4-3-5-14-11)13-6-9-15-7-1-2-8-15/h3-5,13H,1-2,6-9H2,(H,16,17). The Morgan fingerprint density at radius 3 is 2.94 bits per heavy atom. The van der Waals surface area contributed by atoms with Crippen LogP contribution in [0.4, 0.5) is 5.69 Å². The van der Waals surface area contributed by atoms with Gasteiger partial charge in [-0.2, -0.15) is 0 Å². The molecule has 5 heteroatoms. The topological polar surface area (TPSA) is 65.5 Å². The van der Waals surface area contributed by atoms with Gasteiger partial charge in [0.2, 0.25) is 0 Å². The summed E-state index contributed by atoms with van der Waals surface area (Å²) in [7, 11) is 0. The number of carboxylic acid groups (broad SMARTS) is 1. The van der Waals surface area contributed by atoms with Gasteiger partial charge in [0.25, 0.3) is 0 Å². The van der Waals surface area contributed by atoms with E-state index in [1.165, 1.54) is 19.0 Å². The molecule has 2 N–H and O–H groups in total. The molecular weight excluding hydrogens is 218 g/mol. The fourth-order valence-corrected chi connectivity index (χ4v) is 2.07. The monoisotopic (exact) mass is 235 g/mol. The molecule has 1 aromatic heterocycles. The molecule has 1 aromatic rings. The van der Waals surface area contributed by atoms with Crippen molar-refractivity contribution in [1.29, 1.82) is 0 Å². The lowest BCUT2D eigenvalue weighted by Crippen LogP contribution is -2.26. The second-order valence-electron chi connectivity index (χ2n) is 4.18. The number of anilines is 1. The van der Waals surface area contributed by atoms with E-state index in [1.54, 1.807) is 12.1 Å². The summed E-state index contributed by atoms with van der Waals surface area (Å²) in [5, 5.41) is 12.1. The lowest BCUT2D eigenvalue weighted by Gasteiger charge is -2.15. The Kier molecular flexibility index (Phi) is 3.93. The molecule has 1 aliphatic rings. The molecule has 0 bridgehead atoms. The molecule has 0 spiro atoms. The Morgan fingerprint density at radius 2 is 2.24 bits per heavy atom. The smallest absolute Gasteiger partial charge is 0.356 e. The molecule has 92 valence electrons. The van der Waals surface area contributed by atoms with E-state index in [-0.39, 0.29) is 5.69 Å². The van der Waals surface area contributed by atoms with Crippen molar-refractivity contribution in [3.05, 3.63) is 24.0 Å². The van der Waals surface area contributed by atoms with Crippen molar-refractivity contribution in [2.45, 2.75) is 12.8 Å². The average Bonchev–Trinajstić information content (AvgIpc) is 2.82.